The standard InChI is InChI=1S/C15H20F3N3O2S/c1-24-9-7-12(21-14(19)23)13(22)20-8-6-10-2-4-11(5-3-10)15(16,17)18/h2-5,12H,6-9H2,1H3,(H,20,22)(H3,19,21,23). The first-order valence-corrected chi connectivity index (χ1v) is 8.62. The third kappa shape index (κ3) is 7.12. The fourth-order valence-corrected chi connectivity index (χ4v) is 2.46. The van der Waals surface area contributed by atoms with Crippen LogP contribution in [0.4, 0.5) is 18.0 Å². The van der Waals surface area contributed by atoms with Crippen LogP contribution in [0.3, 0.4) is 0 Å². The number of hydrogen-bond acceptors (Lipinski definition) is 3. The van der Waals surface area contributed by atoms with Crippen molar-refractivity contribution in [2.45, 2.75) is 25.1 Å². The molecule has 0 aliphatic rings. The normalized spacial score (nSPS) is 12.5. The molecule has 0 aliphatic heterocycles. The molecule has 1 aromatic rings. The summed E-state index contributed by atoms with van der Waals surface area (Å²) in [5, 5.41) is 5.03. The van der Waals surface area contributed by atoms with E-state index < -0.39 is 23.8 Å². The molecule has 0 saturated carbocycles. The Morgan fingerprint density at radius 1 is 1.25 bits per heavy atom. The summed E-state index contributed by atoms with van der Waals surface area (Å²) in [5.74, 6) is 0.312. The lowest BCUT2D eigenvalue weighted by molar-refractivity contribution is -0.137. The number of urea groups is 1. The third-order valence-electron chi connectivity index (χ3n) is 3.24. The van der Waals surface area contributed by atoms with Crippen molar-refractivity contribution in [3.8, 4) is 0 Å². The van der Waals surface area contributed by atoms with Crippen LogP contribution in [0.25, 0.3) is 0 Å². The highest BCUT2D eigenvalue weighted by Gasteiger charge is 2.29. The number of nitrogens with two attached hydrogens (primary N) is 1. The van der Waals surface area contributed by atoms with Gasteiger partial charge in [-0.1, -0.05) is 12.1 Å². The molecule has 24 heavy (non-hydrogen) atoms. The second-order valence-corrected chi connectivity index (χ2v) is 6.06. The van der Waals surface area contributed by atoms with Crippen molar-refractivity contribution in [1.29, 1.82) is 0 Å². The minimum atomic E-state index is -4.36. The Bertz CT molecular complexity index is 550. The van der Waals surface area contributed by atoms with E-state index in [2.05, 4.69) is 10.6 Å². The third-order valence-corrected chi connectivity index (χ3v) is 3.88. The lowest BCUT2D eigenvalue weighted by Gasteiger charge is -2.17. The van der Waals surface area contributed by atoms with Crippen LogP contribution in [0.2, 0.25) is 0 Å². The minimum Gasteiger partial charge on any atom is -0.354 e. The molecule has 0 aliphatic carbocycles. The minimum absolute atomic E-state index is 0.250. The van der Waals surface area contributed by atoms with Crippen molar-refractivity contribution in [2.24, 2.45) is 5.73 Å². The van der Waals surface area contributed by atoms with Crippen LogP contribution >= 0.6 is 11.8 Å². The van der Waals surface area contributed by atoms with Gasteiger partial charge in [0.15, 0.2) is 0 Å². The van der Waals surface area contributed by atoms with E-state index in [1.165, 1.54) is 23.9 Å². The molecule has 0 fully saturated rings. The van der Waals surface area contributed by atoms with Crippen LogP contribution in [-0.2, 0) is 17.4 Å². The number of hydrogen-bond donors (Lipinski definition) is 3. The number of benzene rings is 1. The van der Waals surface area contributed by atoms with Crippen LogP contribution in [-0.4, -0.2) is 36.5 Å². The maximum Gasteiger partial charge on any atom is 0.416 e. The number of nitrogens with one attached hydrogen (secondary N) is 2. The Labute approximate surface area is 142 Å². The van der Waals surface area contributed by atoms with E-state index in [4.69, 9.17) is 5.73 Å². The molecule has 0 bridgehead atoms. The fourth-order valence-electron chi connectivity index (χ4n) is 1.99. The van der Waals surface area contributed by atoms with Gasteiger partial charge in [0.25, 0.3) is 0 Å². The lowest BCUT2D eigenvalue weighted by atomic mass is 10.1. The fraction of sp³-hybridized carbons (Fsp3) is 0.467. The Balaban J connectivity index is 2.49. The summed E-state index contributed by atoms with van der Waals surface area (Å²) >= 11 is 1.53. The first-order chi connectivity index (χ1) is 11.2. The SMILES string of the molecule is CSCCC(NC(N)=O)C(=O)NCCc1ccc(C(F)(F)F)cc1. The van der Waals surface area contributed by atoms with Gasteiger partial charge in [-0.05, 0) is 42.5 Å². The van der Waals surface area contributed by atoms with Crippen LogP contribution in [0.1, 0.15) is 17.5 Å². The number of thioether (sulfide) groups is 1. The molecule has 1 rings (SSSR count). The molecule has 0 spiro atoms. The predicted molar refractivity (Wildman–Crippen MR) is 87.7 cm³/mol. The van der Waals surface area contributed by atoms with Crippen molar-refractivity contribution in [1.82, 2.24) is 10.6 Å². The Kier molecular flexibility index (Phi) is 7.90. The Hall–Kier alpha value is -1.90. The summed E-state index contributed by atoms with van der Waals surface area (Å²) in [4.78, 5) is 22.9. The van der Waals surface area contributed by atoms with E-state index in [1.807, 2.05) is 6.26 Å². The second-order valence-electron chi connectivity index (χ2n) is 5.08. The summed E-state index contributed by atoms with van der Waals surface area (Å²) in [6, 6.07) is 3.27. The summed E-state index contributed by atoms with van der Waals surface area (Å²) in [7, 11) is 0. The molecule has 5 nitrogen and oxygen atoms in total. The predicted octanol–water partition coefficient (Wildman–Crippen LogP) is 2.15. The van der Waals surface area contributed by atoms with Gasteiger partial charge in [-0.2, -0.15) is 24.9 Å². The van der Waals surface area contributed by atoms with E-state index in [9.17, 15) is 22.8 Å². The average Bonchev–Trinajstić information content (AvgIpc) is 2.50. The first kappa shape index (κ1) is 20.1. The Morgan fingerprint density at radius 2 is 1.88 bits per heavy atom. The van der Waals surface area contributed by atoms with E-state index in [-0.39, 0.29) is 12.5 Å². The highest BCUT2D eigenvalue weighted by atomic mass is 32.2. The van der Waals surface area contributed by atoms with Gasteiger partial charge in [-0.15, -0.1) is 0 Å². The summed E-state index contributed by atoms with van der Waals surface area (Å²) in [6.45, 7) is 0.250. The number of carbonyl (C=O) groups is 2. The lowest BCUT2D eigenvalue weighted by Crippen LogP contribution is -2.49. The highest BCUT2D eigenvalue weighted by Crippen LogP contribution is 2.29. The highest BCUT2D eigenvalue weighted by molar-refractivity contribution is 7.98. The van der Waals surface area contributed by atoms with Crippen molar-refractivity contribution < 1.29 is 22.8 Å². The van der Waals surface area contributed by atoms with Gasteiger partial charge >= 0.3 is 12.2 Å². The van der Waals surface area contributed by atoms with Gasteiger partial charge in [-0.3, -0.25) is 4.79 Å². The van der Waals surface area contributed by atoms with E-state index in [0.717, 1.165) is 12.1 Å². The van der Waals surface area contributed by atoms with Crippen LogP contribution < -0.4 is 16.4 Å². The zero-order chi connectivity index (χ0) is 18.2. The molecule has 3 amide bonds. The molecule has 0 heterocycles. The van der Waals surface area contributed by atoms with Gasteiger partial charge in [0.05, 0.1) is 5.56 Å². The van der Waals surface area contributed by atoms with Crippen molar-refractivity contribution in [3.63, 3.8) is 0 Å². The number of amides is 3. The first-order valence-electron chi connectivity index (χ1n) is 7.22. The van der Waals surface area contributed by atoms with Crippen LogP contribution in [0.5, 0.6) is 0 Å². The zero-order valence-electron chi connectivity index (χ0n) is 13.2. The van der Waals surface area contributed by atoms with Crippen molar-refractivity contribution in [2.75, 3.05) is 18.6 Å². The Morgan fingerprint density at radius 3 is 2.38 bits per heavy atom. The van der Waals surface area contributed by atoms with E-state index in [1.54, 1.807) is 0 Å². The number of alkyl halides is 3. The van der Waals surface area contributed by atoms with Gasteiger partial charge in [0.2, 0.25) is 5.91 Å². The van der Waals surface area contributed by atoms with Gasteiger partial charge in [0, 0.05) is 6.54 Å². The maximum atomic E-state index is 12.5. The number of halogens is 3. The molecule has 9 heteroatoms. The van der Waals surface area contributed by atoms with Gasteiger partial charge < -0.3 is 16.4 Å². The molecule has 0 saturated heterocycles. The van der Waals surface area contributed by atoms with E-state index in [0.29, 0.717) is 24.2 Å². The maximum absolute atomic E-state index is 12.5. The number of primary amides is 1. The van der Waals surface area contributed by atoms with Crippen molar-refractivity contribution >= 4 is 23.7 Å². The zero-order valence-corrected chi connectivity index (χ0v) is 14.0. The molecular weight excluding hydrogens is 343 g/mol. The monoisotopic (exact) mass is 363 g/mol. The van der Waals surface area contributed by atoms with E-state index >= 15 is 0 Å². The molecule has 0 aromatic heterocycles. The molecule has 1 unspecified atom stereocenters. The molecule has 1 aromatic carbocycles. The molecular formula is C15H20F3N3O2S. The average molecular weight is 363 g/mol. The van der Waals surface area contributed by atoms with Crippen LogP contribution in [0.15, 0.2) is 24.3 Å². The molecule has 1 atom stereocenters. The summed E-state index contributed by atoms with van der Waals surface area (Å²) < 4.78 is 37.4. The van der Waals surface area contributed by atoms with Crippen molar-refractivity contribution in [3.05, 3.63) is 35.4 Å². The molecule has 134 valence electrons. The smallest absolute Gasteiger partial charge is 0.354 e. The topological polar surface area (TPSA) is 84.2 Å². The quantitative estimate of drug-likeness (QED) is 0.662. The summed E-state index contributed by atoms with van der Waals surface area (Å²) in [6.07, 6.45) is -1.66. The number of carbonyl (C=O) groups excluding carboxylic acids is 2. The largest absolute Gasteiger partial charge is 0.416 e. The van der Waals surface area contributed by atoms with Gasteiger partial charge in [-0.25, -0.2) is 4.79 Å². The molecule has 4 N–H and O–H groups in total. The second kappa shape index (κ2) is 9.41. The summed E-state index contributed by atoms with van der Waals surface area (Å²) in [5.41, 5.74) is 5.01. The molecule has 0 radical (unpaired) electrons. The number of rotatable bonds is 8. The van der Waals surface area contributed by atoms with Crippen LogP contribution in [0, 0.1) is 0 Å². The van der Waals surface area contributed by atoms with Gasteiger partial charge in [0.1, 0.15) is 6.04 Å².